The van der Waals surface area contributed by atoms with Gasteiger partial charge in [0.1, 0.15) is 11.6 Å². The molecule has 9 nitrogen and oxygen atoms in total. The Morgan fingerprint density at radius 2 is 1.83 bits per heavy atom. The summed E-state index contributed by atoms with van der Waals surface area (Å²) in [5.41, 5.74) is 1.72. The predicted octanol–water partition coefficient (Wildman–Crippen LogP) is 3.13. The molecule has 0 bridgehead atoms. The highest BCUT2D eigenvalue weighted by molar-refractivity contribution is 7.09. The molecule has 0 saturated carbocycles. The molecule has 2 heterocycles. The van der Waals surface area contributed by atoms with Crippen LogP contribution < -0.4 is 10.2 Å². The molecule has 1 amide bonds. The smallest absolute Gasteiger partial charge is 0.269 e. The lowest BCUT2D eigenvalue weighted by Crippen LogP contribution is -2.48. The Kier molecular flexibility index (Phi) is 8.11. The van der Waals surface area contributed by atoms with E-state index in [4.69, 9.17) is 0 Å². The number of anilines is 1. The van der Waals surface area contributed by atoms with E-state index in [1.807, 2.05) is 0 Å². The van der Waals surface area contributed by atoms with Crippen molar-refractivity contribution in [3.8, 4) is 0 Å². The zero-order chi connectivity index (χ0) is 24.6. The lowest BCUT2D eigenvalue weighted by atomic mass is 10.1. The fourth-order valence-electron chi connectivity index (χ4n) is 3.67. The van der Waals surface area contributed by atoms with Crippen LogP contribution in [0, 0.1) is 15.9 Å². The van der Waals surface area contributed by atoms with Gasteiger partial charge in [-0.05, 0) is 41.5 Å². The number of aromatic nitrogens is 2. The van der Waals surface area contributed by atoms with E-state index < -0.39 is 4.92 Å². The summed E-state index contributed by atoms with van der Waals surface area (Å²) in [7, 11) is 0. The predicted molar refractivity (Wildman–Crippen MR) is 133 cm³/mol. The average Bonchev–Trinajstić information content (AvgIpc) is 3.33. The summed E-state index contributed by atoms with van der Waals surface area (Å²) in [5, 5.41) is 14.5. The quantitative estimate of drug-likeness (QED) is 0.276. The van der Waals surface area contributed by atoms with Crippen LogP contribution in [0.2, 0.25) is 0 Å². The number of nitro groups is 1. The van der Waals surface area contributed by atoms with E-state index in [1.54, 1.807) is 30.3 Å². The first-order chi connectivity index (χ1) is 17.0. The van der Waals surface area contributed by atoms with E-state index >= 15 is 0 Å². The number of carbonyl (C=O) groups excluding carboxylic acids is 1. The highest BCUT2D eigenvalue weighted by atomic mass is 32.1. The molecule has 1 saturated heterocycles. The zero-order valence-corrected chi connectivity index (χ0v) is 19.8. The van der Waals surface area contributed by atoms with E-state index in [-0.39, 0.29) is 17.4 Å². The molecule has 1 fully saturated rings. The molecule has 1 aromatic heterocycles. The molecule has 11 heteroatoms. The first-order valence-corrected chi connectivity index (χ1v) is 12.0. The number of nitrogens with one attached hydrogen (secondary N) is 1. The van der Waals surface area contributed by atoms with Crippen molar-refractivity contribution in [3.63, 3.8) is 0 Å². The van der Waals surface area contributed by atoms with Crippen molar-refractivity contribution in [1.29, 1.82) is 0 Å². The highest BCUT2D eigenvalue weighted by Crippen LogP contribution is 2.20. The summed E-state index contributed by atoms with van der Waals surface area (Å²) < 4.78 is 17.5. The number of rotatable bonds is 9. The van der Waals surface area contributed by atoms with Crippen LogP contribution in [0.1, 0.15) is 17.0 Å². The topological polar surface area (TPSA) is 104 Å². The molecule has 0 unspecified atom stereocenters. The highest BCUT2D eigenvalue weighted by Gasteiger charge is 2.20. The number of amides is 1. The summed E-state index contributed by atoms with van der Waals surface area (Å²) in [4.78, 5) is 31.4. The summed E-state index contributed by atoms with van der Waals surface area (Å²) >= 11 is 1.38. The molecule has 1 N–H and O–H groups in total. The van der Waals surface area contributed by atoms with Crippen LogP contribution in [0.3, 0.4) is 0 Å². The van der Waals surface area contributed by atoms with Crippen molar-refractivity contribution < 1.29 is 14.1 Å². The van der Waals surface area contributed by atoms with E-state index in [1.165, 1.54) is 41.9 Å². The number of hydrogen-bond donors (Lipinski definition) is 1. The maximum atomic E-state index is 13.1. The third-order valence-corrected chi connectivity index (χ3v) is 6.45. The monoisotopic (exact) mass is 496 g/mol. The number of benzene rings is 2. The van der Waals surface area contributed by atoms with Gasteiger partial charge in [-0.15, -0.1) is 0 Å². The van der Waals surface area contributed by atoms with Crippen molar-refractivity contribution in [2.45, 2.75) is 6.42 Å². The second-order valence-corrected chi connectivity index (χ2v) is 8.83. The standard InChI is InChI=1S/C24H25FN6O3S/c25-20-6-1-19(2-7-20)17-22-27-24(35-28-22)30-15-13-29(14-16-30)12-11-26-23(32)10-5-18-3-8-21(9-4-18)31(33)34/h1-10H,11-17H2,(H,26,32)/b10-5+. The lowest BCUT2D eigenvalue weighted by Gasteiger charge is -2.34. The number of non-ortho nitro benzene ring substituents is 1. The SMILES string of the molecule is O=C(/C=C/c1ccc([N+](=O)[O-])cc1)NCCN1CCN(c2nc(Cc3ccc(F)cc3)ns2)CC1. The molecule has 0 spiro atoms. The van der Waals surface area contributed by atoms with Gasteiger partial charge >= 0.3 is 0 Å². The minimum Gasteiger partial charge on any atom is -0.351 e. The number of nitrogens with zero attached hydrogens (tertiary/aromatic N) is 5. The van der Waals surface area contributed by atoms with Gasteiger partial charge in [0, 0.05) is 75.4 Å². The van der Waals surface area contributed by atoms with Crippen LogP contribution in [-0.4, -0.2) is 64.4 Å². The summed E-state index contributed by atoms with van der Waals surface area (Å²) in [5.74, 6) is 0.282. The average molecular weight is 497 g/mol. The van der Waals surface area contributed by atoms with Crippen LogP contribution in [-0.2, 0) is 11.2 Å². The normalized spacial score (nSPS) is 14.4. The molecule has 0 radical (unpaired) electrons. The van der Waals surface area contributed by atoms with Crippen molar-refractivity contribution >= 4 is 34.3 Å². The zero-order valence-electron chi connectivity index (χ0n) is 19.0. The maximum absolute atomic E-state index is 13.1. The molecule has 1 aliphatic heterocycles. The van der Waals surface area contributed by atoms with Crippen LogP contribution in [0.4, 0.5) is 15.2 Å². The Labute approximate surface area is 206 Å². The largest absolute Gasteiger partial charge is 0.351 e. The number of hydrogen-bond acceptors (Lipinski definition) is 8. The Morgan fingerprint density at radius 1 is 1.11 bits per heavy atom. The molecule has 1 aliphatic rings. The van der Waals surface area contributed by atoms with Crippen LogP contribution >= 0.6 is 11.5 Å². The van der Waals surface area contributed by atoms with E-state index in [9.17, 15) is 19.3 Å². The van der Waals surface area contributed by atoms with Crippen LogP contribution in [0.15, 0.2) is 54.6 Å². The molecular formula is C24H25FN6O3S. The van der Waals surface area contributed by atoms with Gasteiger partial charge in [0.15, 0.2) is 0 Å². The fraction of sp³-hybridized carbons (Fsp3) is 0.292. The Balaban J connectivity index is 1.16. The summed E-state index contributed by atoms with van der Waals surface area (Å²) in [6.45, 7) is 4.67. The molecule has 35 heavy (non-hydrogen) atoms. The van der Waals surface area contributed by atoms with Gasteiger partial charge in [-0.2, -0.15) is 4.37 Å². The van der Waals surface area contributed by atoms with Crippen molar-refractivity contribution in [1.82, 2.24) is 19.6 Å². The van der Waals surface area contributed by atoms with E-state index in [0.29, 0.717) is 13.0 Å². The third-order valence-electron chi connectivity index (χ3n) is 5.63. The minimum atomic E-state index is -0.457. The first-order valence-electron chi connectivity index (χ1n) is 11.2. The minimum absolute atomic E-state index is 0.0169. The molecule has 0 aliphatic carbocycles. The fourth-order valence-corrected chi connectivity index (χ4v) is 4.40. The molecule has 2 aromatic carbocycles. The van der Waals surface area contributed by atoms with Gasteiger partial charge in [-0.1, -0.05) is 12.1 Å². The van der Waals surface area contributed by atoms with Crippen LogP contribution in [0.25, 0.3) is 6.08 Å². The lowest BCUT2D eigenvalue weighted by molar-refractivity contribution is -0.384. The number of halogens is 1. The van der Waals surface area contributed by atoms with Gasteiger partial charge in [-0.3, -0.25) is 19.8 Å². The Hall–Kier alpha value is -3.70. The Bertz CT molecular complexity index is 1170. The molecular weight excluding hydrogens is 471 g/mol. The van der Waals surface area contributed by atoms with Gasteiger partial charge in [-0.25, -0.2) is 9.37 Å². The molecule has 0 atom stereocenters. The van der Waals surface area contributed by atoms with Crippen molar-refractivity contribution in [2.75, 3.05) is 44.2 Å². The Morgan fingerprint density at radius 3 is 2.51 bits per heavy atom. The number of piperazine rings is 1. The van der Waals surface area contributed by atoms with E-state index in [0.717, 1.165) is 54.8 Å². The van der Waals surface area contributed by atoms with Gasteiger partial charge < -0.3 is 10.2 Å². The third kappa shape index (κ3) is 7.14. The van der Waals surface area contributed by atoms with Gasteiger partial charge in [0.05, 0.1) is 4.92 Å². The molecule has 4 rings (SSSR count). The number of carbonyl (C=O) groups is 1. The summed E-state index contributed by atoms with van der Waals surface area (Å²) in [6, 6.07) is 12.4. The van der Waals surface area contributed by atoms with Crippen molar-refractivity contribution in [2.24, 2.45) is 0 Å². The molecule has 182 valence electrons. The van der Waals surface area contributed by atoms with E-state index in [2.05, 4.69) is 24.5 Å². The number of nitro benzene ring substituents is 1. The maximum Gasteiger partial charge on any atom is 0.269 e. The van der Waals surface area contributed by atoms with Gasteiger partial charge in [0.25, 0.3) is 5.69 Å². The van der Waals surface area contributed by atoms with Gasteiger partial charge in [0.2, 0.25) is 11.0 Å². The molecule has 3 aromatic rings. The second kappa shape index (κ2) is 11.6. The van der Waals surface area contributed by atoms with Crippen LogP contribution in [0.5, 0.6) is 0 Å². The van der Waals surface area contributed by atoms with Crippen molar-refractivity contribution in [3.05, 3.63) is 87.5 Å². The second-order valence-electron chi connectivity index (χ2n) is 8.10. The summed E-state index contributed by atoms with van der Waals surface area (Å²) in [6.07, 6.45) is 3.64. The first kappa shape index (κ1) is 24.4.